The number of nitrogens with one attached hydrogen (secondary N) is 1. The van der Waals surface area contributed by atoms with E-state index in [0.29, 0.717) is 0 Å². The summed E-state index contributed by atoms with van der Waals surface area (Å²) in [6.07, 6.45) is 0. The number of hydrogen-bond donors (Lipinski definition) is 1. The van der Waals surface area contributed by atoms with Crippen LogP contribution < -0.4 is 18.9 Å². The molecule has 0 bridgehead atoms. The van der Waals surface area contributed by atoms with Crippen LogP contribution in [0.3, 0.4) is 0 Å². The van der Waals surface area contributed by atoms with Crippen molar-refractivity contribution in [3.8, 4) is 17.2 Å². The van der Waals surface area contributed by atoms with E-state index in [1.807, 2.05) is 30.3 Å². The minimum absolute atomic E-state index is 0.00929. The van der Waals surface area contributed by atoms with E-state index in [4.69, 9.17) is 28.2 Å². The largest absolute Gasteiger partial charge is 0.495 e. The molecule has 0 aliphatic rings. The maximum absolute atomic E-state index is 13.5. The Morgan fingerprint density at radius 2 is 1.70 bits per heavy atom. The van der Waals surface area contributed by atoms with Crippen LogP contribution in [0.2, 0.25) is 0 Å². The molecule has 0 unspecified atom stereocenters. The van der Waals surface area contributed by atoms with Crippen molar-refractivity contribution in [3.05, 3.63) is 71.8 Å². The first-order chi connectivity index (χ1) is 17.9. The van der Waals surface area contributed by atoms with Crippen molar-refractivity contribution in [2.75, 3.05) is 32.8 Å². The van der Waals surface area contributed by atoms with Gasteiger partial charge in [-0.25, -0.2) is 13.2 Å². The third-order valence-corrected chi connectivity index (χ3v) is 6.59. The highest BCUT2D eigenvalue weighted by Crippen LogP contribution is 2.38. The predicted octanol–water partition coefficient (Wildman–Crippen LogP) is 3.99. The Balaban J connectivity index is 1.78. The fourth-order valence-electron chi connectivity index (χ4n) is 3.53. The zero-order valence-electron chi connectivity index (χ0n) is 20.2. The molecule has 0 radical (unpaired) electrons. The molecular formula is C25H24N2O9S. The summed E-state index contributed by atoms with van der Waals surface area (Å²) in [5, 5.41) is 4.10. The standard InChI is InChI=1S/C25H24N2O9S/c1-31-15-35-19-11-7-10-18(32-2)23(19)37(29,30)27-24-22-20(34-14-16-8-5-4-6-9-16)12-17(25(28)33-3)13-21(22)36-26-24/h4-13H,14-15H2,1-3H3,(H,26,27). The summed E-state index contributed by atoms with van der Waals surface area (Å²) in [4.78, 5) is 11.9. The Morgan fingerprint density at radius 1 is 0.946 bits per heavy atom. The number of esters is 1. The molecule has 12 heteroatoms. The van der Waals surface area contributed by atoms with Crippen LogP contribution in [0.5, 0.6) is 17.2 Å². The van der Waals surface area contributed by atoms with Gasteiger partial charge in [-0.2, -0.15) is 0 Å². The van der Waals surface area contributed by atoms with Gasteiger partial charge in [-0.05, 0) is 29.8 Å². The highest BCUT2D eigenvalue weighted by Gasteiger charge is 2.29. The van der Waals surface area contributed by atoms with Crippen LogP contribution in [0.4, 0.5) is 5.82 Å². The van der Waals surface area contributed by atoms with E-state index in [1.54, 1.807) is 6.07 Å². The van der Waals surface area contributed by atoms with Gasteiger partial charge in [0.1, 0.15) is 29.2 Å². The van der Waals surface area contributed by atoms with Gasteiger partial charge < -0.3 is 28.2 Å². The number of aromatic nitrogens is 1. The Hall–Kier alpha value is -4.29. The average Bonchev–Trinajstić information content (AvgIpc) is 3.32. The number of nitrogens with zero attached hydrogens (tertiary/aromatic N) is 1. The lowest BCUT2D eigenvalue weighted by molar-refractivity contribution is 0.0487. The third-order valence-electron chi connectivity index (χ3n) is 5.19. The van der Waals surface area contributed by atoms with Gasteiger partial charge in [0, 0.05) is 7.11 Å². The molecule has 11 nitrogen and oxygen atoms in total. The van der Waals surface area contributed by atoms with Crippen LogP contribution in [-0.2, 0) is 26.1 Å². The molecule has 0 saturated heterocycles. The third kappa shape index (κ3) is 5.60. The molecule has 37 heavy (non-hydrogen) atoms. The first-order valence-electron chi connectivity index (χ1n) is 10.9. The van der Waals surface area contributed by atoms with Crippen LogP contribution in [0, 0.1) is 0 Å². The number of ether oxygens (including phenoxy) is 5. The van der Waals surface area contributed by atoms with Crippen molar-refractivity contribution in [1.29, 1.82) is 0 Å². The van der Waals surface area contributed by atoms with Gasteiger partial charge in [-0.15, -0.1) is 0 Å². The van der Waals surface area contributed by atoms with Gasteiger partial charge in [0.05, 0.1) is 19.8 Å². The molecule has 4 aromatic rings. The first-order valence-corrected chi connectivity index (χ1v) is 12.4. The Kier molecular flexibility index (Phi) is 7.80. The highest BCUT2D eigenvalue weighted by atomic mass is 32.2. The summed E-state index contributed by atoms with van der Waals surface area (Å²) in [5.74, 6) is -0.564. The van der Waals surface area contributed by atoms with E-state index in [9.17, 15) is 13.2 Å². The smallest absolute Gasteiger partial charge is 0.338 e. The summed E-state index contributed by atoms with van der Waals surface area (Å²) in [7, 11) is -0.328. The lowest BCUT2D eigenvalue weighted by Gasteiger charge is -2.15. The van der Waals surface area contributed by atoms with Gasteiger partial charge >= 0.3 is 5.97 Å². The molecule has 0 fully saturated rings. The van der Waals surface area contributed by atoms with Crippen molar-refractivity contribution >= 4 is 32.8 Å². The van der Waals surface area contributed by atoms with E-state index in [1.165, 1.54) is 45.6 Å². The lowest BCUT2D eigenvalue weighted by Crippen LogP contribution is -2.16. The van der Waals surface area contributed by atoms with Crippen LogP contribution in [-0.4, -0.2) is 47.7 Å². The molecule has 0 atom stereocenters. The van der Waals surface area contributed by atoms with Gasteiger partial charge in [0.2, 0.25) is 0 Å². The predicted molar refractivity (Wildman–Crippen MR) is 132 cm³/mol. The van der Waals surface area contributed by atoms with Gasteiger partial charge in [0.25, 0.3) is 10.0 Å². The second kappa shape index (κ2) is 11.2. The molecule has 3 aromatic carbocycles. The van der Waals surface area contributed by atoms with E-state index in [2.05, 4.69) is 9.88 Å². The van der Waals surface area contributed by atoms with E-state index in [0.717, 1.165) is 5.56 Å². The molecule has 0 saturated carbocycles. The fraction of sp³-hybridized carbons (Fsp3) is 0.200. The molecule has 1 N–H and O–H groups in total. The van der Waals surface area contributed by atoms with Gasteiger partial charge in [0.15, 0.2) is 23.1 Å². The zero-order chi connectivity index (χ0) is 26.4. The summed E-state index contributed by atoms with van der Waals surface area (Å²) in [5.41, 5.74) is 1.11. The molecule has 4 rings (SSSR count). The summed E-state index contributed by atoms with van der Waals surface area (Å²) in [6.45, 7) is -0.0458. The molecule has 0 amide bonds. The Labute approximate surface area is 212 Å². The Bertz CT molecular complexity index is 1500. The second-order valence-electron chi connectivity index (χ2n) is 7.59. The molecule has 0 aliphatic heterocycles. The summed E-state index contributed by atoms with van der Waals surface area (Å²) in [6, 6.07) is 16.7. The maximum Gasteiger partial charge on any atom is 0.338 e. The minimum Gasteiger partial charge on any atom is -0.495 e. The number of hydrogen-bond acceptors (Lipinski definition) is 10. The molecular weight excluding hydrogens is 504 g/mol. The zero-order valence-corrected chi connectivity index (χ0v) is 21.0. The molecule has 0 spiro atoms. The molecule has 1 heterocycles. The normalized spacial score (nSPS) is 11.2. The van der Waals surface area contributed by atoms with Crippen LogP contribution >= 0.6 is 0 Å². The van der Waals surface area contributed by atoms with Crippen molar-refractivity contribution in [3.63, 3.8) is 0 Å². The van der Waals surface area contributed by atoms with Gasteiger partial charge in [-0.1, -0.05) is 41.6 Å². The number of fused-ring (bicyclic) bond motifs is 1. The highest BCUT2D eigenvalue weighted by molar-refractivity contribution is 7.93. The first kappa shape index (κ1) is 25.8. The number of anilines is 1. The van der Waals surface area contributed by atoms with Crippen molar-refractivity contribution < 1.29 is 41.4 Å². The monoisotopic (exact) mass is 528 g/mol. The van der Waals surface area contributed by atoms with E-state index in [-0.39, 0.29) is 57.9 Å². The van der Waals surface area contributed by atoms with Crippen molar-refractivity contribution in [2.45, 2.75) is 11.5 Å². The number of sulfonamides is 1. The number of rotatable bonds is 11. The van der Waals surface area contributed by atoms with Crippen molar-refractivity contribution in [2.24, 2.45) is 0 Å². The van der Waals surface area contributed by atoms with Crippen molar-refractivity contribution in [1.82, 2.24) is 5.16 Å². The number of benzene rings is 3. The Morgan fingerprint density at radius 3 is 2.41 bits per heavy atom. The van der Waals surface area contributed by atoms with Crippen LogP contribution in [0.25, 0.3) is 11.0 Å². The van der Waals surface area contributed by atoms with Crippen LogP contribution in [0.15, 0.2) is 70.1 Å². The van der Waals surface area contributed by atoms with Gasteiger partial charge in [-0.3, -0.25) is 4.72 Å². The number of carbonyl (C=O) groups is 1. The summed E-state index contributed by atoms with van der Waals surface area (Å²) >= 11 is 0. The molecule has 1 aromatic heterocycles. The lowest BCUT2D eigenvalue weighted by atomic mass is 10.1. The fourth-order valence-corrected chi connectivity index (χ4v) is 4.83. The quantitative estimate of drug-likeness (QED) is 0.225. The van der Waals surface area contributed by atoms with E-state index < -0.39 is 16.0 Å². The topological polar surface area (TPSA) is 135 Å². The molecule has 194 valence electrons. The minimum atomic E-state index is -4.32. The number of methoxy groups -OCH3 is 3. The molecule has 0 aliphatic carbocycles. The second-order valence-corrected chi connectivity index (χ2v) is 9.21. The van der Waals surface area contributed by atoms with Crippen LogP contribution in [0.1, 0.15) is 15.9 Å². The average molecular weight is 529 g/mol. The number of carbonyl (C=O) groups excluding carboxylic acids is 1. The maximum atomic E-state index is 13.5. The summed E-state index contributed by atoms with van der Waals surface area (Å²) < 4.78 is 61.2. The van der Waals surface area contributed by atoms with E-state index >= 15 is 0 Å². The SMILES string of the molecule is COCOc1cccc(OC)c1S(=O)(=O)Nc1noc2cc(C(=O)OC)cc(OCc3ccccc3)c12.